The van der Waals surface area contributed by atoms with Crippen molar-refractivity contribution in [3.8, 4) is 0 Å². The Bertz CT molecular complexity index is 361. The molecule has 16 heavy (non-hydrogen) atoms. The number of nitrogens with two attached hydrogens (primary N) is 1. The predicted molar refractivity (Wildman–Crippen MR) is 68.8 cm³/mol. The van der Waals surface area contributed by atoms with Crippen molar-refractivity contribution in [2.45, 2.75) is 45.7 Å². The molecule has 0 amide bonds. The van der Waals surface area contributed by atoms with E-state index in [4.69, 9.17) is 5.73 Å². The molecule has 1 aromatic heterocycles. The zero-order valence-corrected chi connectivity index (χ0v) is 11.2. The fraction of sp³-hybridized carbons (Fsp3) is 0.750. The second kappa shape index (κ2) is 4.82. The highest BCUT2D eigenvalue weighted by Gasteiger charge is 2.29. The van der Waals surface area contributed by atoms with Gasteiger partial charge in [0.2, 0.25) is 0 Å². The summed E-state index contributed by atoms with van der Waals surface area (Å²) in [5, 5.41) is 1.17. The normalized spacial score (nSPS) is 23.9. The molecule has 0 aliphatic carbocycles. The summed E-state index contributed by atoms with van der Waals surface area (Å²) in [6.07, 6.45) is 2.51. The first kappa shape index (κ1) is 12.0. The molecule has 2 N–H and O–H groups in total. The van der Waals surface area contributed by atoms with Crippen molar-refractivity contribution in [1.29, 1.82) is 0 Å². The van der Waals surface area contributed by atoms with Crippen molar-refractivity contribution in [1.82, 2.24) is 9.88 Å². The van der Waals surface area contributed by atoms with E-state index >= 15 is 0 Å². The number of hydrogen-bond donors (Lipinski definition) is 1. The van der Waals surface area contributed by atoms with Crippen molar-refractivity contribution < 1.29 is 0 Å². The van der Waals surface area contributed by atoms with Crippen LogP contribution in [-0.4, -0.2) is 29.0 Å². The van der Waals surface area contributed by atoms with Crippen LogP contribution in [0.1, 0.15) is 41.4 Å². The quantitative estimate of drug-likeness (QED) is 0.879. The van der Waals surface area contributed by atoms with Gasteiger partial charge in [0.15, 0.2) is 0 Å². The van der Waals surface area contributed by atoms with Gasteiger partial charge in [0.05, 0.1) is 16.7 Å². The molecule has 3 nitrogen and oxygen atoms in total. The van der Waals surface area contributed by atoms with Gasteiger partial charge in [-0.2, -0.15) is 0 Å². The highest BCUT2D eigenvalue weighted by atomic mass is 32.1. The lowest BCUT2D eigenvalue weighted by Crippen LogP contribution is -2.37. The number of aromatic nitrogens is 1. The lowest BCUT2D eigenvalue weighted by atomic mass is 10.1. The van der Waals surface area contributed by atoms with Gasteiger partial charge in [-0.25, -0.2) is 4.98 Å². The minimum absolute atomic E-state index is 0.418. The molecule has 1 aliphatic rings. The minimum atomic E-state index is 0.418. The number of likely N-dealkylation sites (tertiary alicyclic amines) is 1. The maximum atomic E-state index is 5.82. The summed E-state index contributed by atoms with van der Waals surface area (Å²) < 4.78 is 0. The Morgan fingerprint density at radius 2 is 2.31 bits per heavy atom. The third kappa shape index (κ3) is 2.14. The molecule has 0 spiro atoms. The molecule has 2 rings (SSSR count). The van der Waals surface area contributed by atoms with Gasteiger partial charge in [0, 0.05) is 17.5 Å². The zero-order chi connectivity index (χ0) is 11.7. The summed E-state index contributed by atoms with van der Waals surface area (Å²) in [7, 11) is 0. The maximum absolute atomic E-state index is 5.82. The summed E-state index contributed by atoms with van der Waals surface area (Å²) in [6.45, 7) is 8.45. The molecule has 0 saturated carbocycles. The Hall–Kier alpha value is -0.450. The Labute approximate surface area is 102 Å². The van der Waals surface area contributed by atoms with Gasteiger partial charge in [-0.3, -0.25) is 4.90 Å². The van der Waals surface area contributed by atoms with Gasteiger partial charge in [0.1, 0.15) is 0 Å². The lowest BCUT2D eigenvalue weighted by Gasteiger charge is -2.29. The van der Waals surface area contributed by atoms with Crippen molar-refractivity contribution in [3.63, 3.8) is 0 Å². The zero-order valence-electron chi connectivity index (χ0n) is 10.4. The van der Waals surface area contributed by atoms with Crippen LogP contribution < -0.4 is 5.73 Å². The van der Waals surface area contributed by atoms with E-state index in [2.05, 4.69) is 30.7 Å². The van der Waals surface area contributed by atoms with Crippen LogP contribution >= 0.6 is 11.3 Å². The maximum Gasteiger partial charge on any atom is 0.0900 e. The number of hydrogen-bond acceptors (Lipinski definition) is 4. The van der Waals surface area contributed by atoms with Gasteiger partial charge < -0.3 is 5.73 Å². The van der Waals surface area contributed by atoms with Crippen LogP contribution in [0.25, 0.3) is 0 Å². The van der Waals surface area contributed by atoms with Crippen LogP contribution in [0, 0.1) is 13.8 Å². The van der Waals surface area contributed by atoms with E-state index in [0.29, 0.717) is 12.1 Å². The molecule has 1 aromatic rings. The van der Waals surface area contributed by atoms with E-state index in [-0.39, 0.29) is 0 Å². The monoisotopic (exact) mass is 239 g/mol. The molecule has 0 bridgehead atoms. The van der Waals surface area contributed by atoms with Gasteiger partial charge in [0.25, 0.3) is 0 Å². The topological polar surface area (TPSA) is 42.2 Å². The molecule has 90 valence electrons. The Balaban J connectivity index is 2.18. The molecule has 0 aromatic carbocycles. The van der Waals surface area contributed by atoms with E-state index in [0.717, 1.165) is 6.54 Å². The highest BCUT2D eigenvalue weighted by molar-refractivity contribution is 7.11. The van der Waals surface area contributed by atoms with Gasteiger partial charge in [-0.15, -0.1) is 11.3 Å². The van der Waals surface area contributed by atoms with Crippen LogP contribution in [0.4, 0.5) is 0 Å². The van der Waals surface area contributed by atoms with Crippen molar-refractivity contribution in [3.05, 3.63) is 15.6 Å². The molecular formula is C12H21N3S. The van der Waals surface area contributed by atoms with E-state index in [9.17, 15) is 0 Å². The minimum Gasteiger partial charge on any atom is -0.329 e. The first-order valence-corrected chi connectivity index (χ1v) is 6.85. The van der Waals surface area contributed by atoms with Gasteiger partial charge in [-0.05, 0) is 40.2 Å². The fourth-order valence-electron chi connectivity index (χ4n) is 2.71. The fourth-order valence-corrected chi connectivity index (χ4v) is 3.62. The summed E-state index contributed by atoms with van der Waals surface area (Å²) >= 11 is 1.80. The predicted octanol–water partition coefficient (Wildman–Crippen LogP) is 2.24. The van der Waals surface area contributed by atoms with E-state index < -0.39 is 0 Å². The Kier molecular flexibility index (Phi) is 3.62. The van der Waals surface area contributed by atoms with Crippen molar-refractivity contribution >= 4 is 11.3 Å². The van der Waals surface area contributed by atoms with E-state index in [1.807, 2.05) is 0 Å². The van der Waals surface area contributed by atoms with Crippen molar-refractivity contribution in [2.75, 3.05) is 13.1 Å². The summed E-state index contributed by atoms with van der Waals surface area (Å²) in [4.78, 5) is 8.53. The first-order chi connectivity index (χ1) is 7.63. The number of nitrogens with zero attached hydrogens (tertiary/aromatic N) is 2. The summed E-state index contributed by atoms with van der Waals surface area (Å²) in [5.41, 5.74) is 7.08. The highest BCUT2D eigenvalue weighted by Crippen LogP contribution is 2.31. The van der Waals surface area contributed by atoms with E-state index in [1.165, 1.54) is 35.0 Å². The molecule has 1 fully saturated rings. The average molecular weight is 239 g/mol. The SMILES string of the molecule is Cc1nc(C(C)N2CCCC2CN)c(C)s1. The van der Waals surface area contributed by atoms with Crippen LogP contribution in [0.5, 0.6) is 0 Å². The van der Waals surface area contributed by atoms with Crippen LogP contribution in [0.2, 0.25) is 0 Å². The number of aryl methyl sites for hydroxylation is 2. The third-order valence-electron chi connectivity index (χ3n) is 3.53. The average Bonchev–Trinajstić information content (AvgIpc) is 2.83. The molecule has 1 saturated heterocycles. The largest absolute Gasteiger partial charge is 0.329 e. The molecule has 4 heteroatoms. The summed E-state index contributed by atoms with van der Waals surface area (Å²) in [6, 6.07) is 0.970. The van der Waals surface area contributed by atoms with Crippen LogP contribution in [0.3, 0.4) is 0 Å². The standard InChI is InChI=1S/C12H21N3S/c1-8(12-9(2)16-10(3)14-12)15-6-4-5-11(15)7-13/h8,11H,4-7,13H2,1-3H3. The van der Waals surface area contributed by atoms with Crippen LogP contribution in [0.15, 0.2) is 0 Å². The lowest BCUT2D eigenvalue weighted by molar-refractivity contribution is 0.193. The molecular weight excluding hydrogens is 218 g/mol. The third-order valence-corrected chi connectivity index (χ3v) is 4.43. The van der Waals surface area contributed by atoms with Gasteiger partial charge in [-0.1, -0.05) is 0 Å². The molecule has 2 atom stereocenters. The number of thiazole rings is 1. The second-order valence-electron chi connectivity index (χ2n) is 4.62. The van der Waals surface area contributed by atoms with Gasteiger partial charge >= 0.3 is 0 Å². The van der Waals surface area contributed by atoms with Crippen molar-refractivity contribution in [2.24, 2.45) is 5.73 Å². The molecule has 2 heterocycles. The molecule has 1 aliphatic heterocycles. The second-order valence-corrected chi connectivity index (χ2v) is 6.03. The molecule has 0 radical (unpaired) electrons. The summed E-state index contributed by atoms with van der Waals surface area (Å²) in [5.74, 6) is 0. The van der Waals surface area contributed by atoms with Crippen LogP contribution in [-0.2, 0) is 0 Å². The number of rotatable bonds is 3. The Morgan fingerprint density at radius 1 is 1.56 bits per heavy atom. The smallest absolute Gasteiger partial charge is 0.0900 e. The first-order valence-electron chi connectivity index (χ1n) is 6.03. The van der Waals surface area contributed by atoms with E-state index in [1.54, 1.807) is 11.3 Å². The Morgan fingerprint density at radius 3 is 2.88 bits per heavy atom. The molecule has 2 unspecified atom stereocenters.